The Bertz CT molecular complexity index is 1770. The van der Waals surface area contributed by atoms with Crippen LogP contribution in [0.1, 0.15) is 103 Å². The van der Waals surface area contributed by atoms with Crippen LogP contribution in [0, 0.1) is 0 Å². The molecule has 4 heterocycles. The Morgan fingerprint density at radius 1 is 0.538 bits per heavy atom. The van der Waals surface area contributed by atoms with Crippen molar-refractivity contribution in [3.05, 3.63) is 23.3 Å². The Morgan fingerprint density at radius 3 is 1.27 bits per heavy atom. The van der Waals surface area contributed by atoms with E-state index in [0.29, 0.717) is 43.2 Å². The molecule has 0 aliphatic carbocycles. The molecule has 0 aliphatic rings. The molecule has 0 radical (unpaired) electrons. The van der Waals surface area contributed by atoms with Crippen LogP contribution in [0.3, 0.4) is 0 Å². The van der Waals surface area contributed by atoms with Crippen molar-refractivity contribution in [3.8, 4) is 0 Å². The molecule has 0 saturated carbocycles. The standard InChI is InChI=1S/2C7H14N4O3S.2C6H12N4O/c1-6(2)11-7(8-9-10-11)4-5-14-15(3,12)13;1-6(2)11-9-7(8-10-11)4-5-14-15(3,12)13;1-5(2)10-6(3-4-11)7-8-9-10;1-5(2)10-8-6(3-4-11)7-9-10/h2*6H,4-5H2,1-3H3;2*5,11H,3-4H2,1-2H3. The molecule has 0 atom stereocenters. The summed E-state index contributed by atoms with van der Waals surface area (Å²) in [6.07, 6.45) is 3.72. The highest BCUT2D eigenvalue weighted by Crippen LogP contribution is 2.06. The van der Waals surface area contributed by atoms with Crippen LogP contribution in [0.15, 0.2) is 0 Å². The molecule has 2 N–H and O–H groups in total. The molecule has 26 heteroatoms. The number of nitrogens with zero attached hydrogens (tertiary/aromatic N) is 16. The minimum atomic E-state index is -3.39. The summed E-state index contributed by atoms with van der Waals surface area (Å²) in [4.78, 5) is 3.00. The molecule has 4 aromatic heterocycles. The molecule has 0 aliphatic heterocycles. The monoisotopic (exact) mass is 780 g/mol. The largest absolute Gasteiger partial charge is 0.396 e. The van der Waals surface area contributed by atoms with E-state index in [4.69, 9.17) is 10.2 Å². The number of aromatic nitrogens is 16. The molecule has 0 spiro atoms. The molecule has 0 fully saturated rings. The number of aliphatic hydroxyl groups excluding tert-OH is 2. The van der Waals surface area contributed by atoms with Crippen LogP contribution in [0.2, 0.25) is 0 Å². The van der Waals surface area contributed by atoms with E-state index in [1.165, 1.54) is 9.59 Å². The molecule has 0 amide bonds. The topological polar surface area (TPSA) is 302 Å². The fourth-order valence-corrected chi connectivity index (χ4v) is 4.25. The normalized spacial score (nSPS) is 11.7. The Balaban J connectivity index is 0.000000350. The first kappa shape index (κ1) is 46.0. The molecule has 0 aromatic carbocycles. The second-order valence-electron chi connectivity index (χ2n) is 12.0. The molecule has 52 heavy (non-hydrogen) atoms. The fraction of sp³-hybridized carbons (Fsp3) is 0.846. The summed E-state index contributed by atoms with van der Waals surface area (Å²) in [5.41, 5.74) is 0. The highest BCUT2D eigenvalue weighted by molar-refractivity contribution is 7.86. The van der Waals surface area contributed by atoms with E-state index in [0.717, 1.165) is 18.3 Å². The third-order valence-electron chi connectivity index (χ3n) is 5.88. The van der Waals surface area contributed by atoms with Crippen LogP contribution in [-0.2, 0) is 54.3 Å². The van der Waals surface area contributed by atoms with E-state index >= 15 is 0 Å². The highest BCUT2D eigenvalue weighted by atomic mass is 32.2. The fourth-order valence-electron chi connectivity index (χ4n) is 3.47. The van der Waals surface area contributed by atoms with Crippen molar-refractivity contribution >= 4 is 20.2 Å². The van der Waals surface area contributed by atoms with E-state index < -0.39 is 20.2 Å². The van der Waals surface area contributed by atoms with E-state index in [9.17, 15) is 16.8 Å². The molecule has 4 aromatic rings. The molecule has 296 valence electrons. The van der Waals surface area contributed by atoms with Crippen molar-refractivity contribution in [1.82, 2.24) is 80.8 Å². The SMILES string of the molecule is CC(C)n1nnc(CCO)n1.CC(C)n1nnc(CCOS(C)(=O)=O)n1.CC(C)n1nnnc1CCO.CC(C)n1nnnc1CCOS(C)(=O)=O. The summed E-state index contributed by atoms with van der Waals surface area (Å²) in [6, 6.07) is 0.775. The lowest BCUT2D eigenvalue weighted by atomic mass is 10.3. The predicted molar refractivity (Wildman–Crippen MR) is 183 cm³/mol. The molecule has 0 saturated heterocycles. The zero-order chi connectivity index (χ0) is 39.5. The van der Waals surface area contributed by atoms with Crippen LogP contribution >= 0.6 is 0 Å². The molecule has 24 nitrogen and oxygen atoms in total. The second-order valence-corrected chi connectivity index (χ2v) is 15.3. The minimum Gasteiger partial charge on any atom is -0.396 e. The van der Waals surface area contributed by atoms with Crippen LogP contribution in [-0.4, -0.2) is 147 Å². The van der Waals surface area contributed by atoms with Gasteiger partial charge in [0, 0.05) is 25.7 Å². The maximum absolute atomic E-state index is 10.7. The molecular weight excluding hydrogens is 729 g/mol. The first-order chi connectivity index (χ1) is 24.3. The summed E-state index contributed by atoms with van der Waals surface area (Å²) in [5.74, 6) is 2.43. The molecular formula is C26H52N16O8S2. The van der Waals surface area contributed by atoms with Gasteiger partial charge < -0.3 is 10.2 Å². The second kappa shape index (κ2) is 22.8. The van der Waals surface area contributed by atoms with Crippen molar-refractivity contribution in [1.29, 1.82) is 0 Å². The van der Waals surface area contributed by atoms with Crippen LogP contribution in [0.5, 0.6) is 0 Å². The van der Waals surface area contributed by atoms with Gasteiger partial charge in [-0.2, -0.15) is 26.4 Å². The van der Waals surface area contributed by atoms with Gasteiger partial charge in [-0.25, -0.2) is 9.36 Å². The summed E-state index contributed by atoms with van der Waals surface area (Å²) in [7, 11) is -6.77. The zero-order valence-electron chi connectivity index (χ0n) is 31.3. The van der Waals surface area contributed by atoms with Gasteiger partial charge in [-0.1, -0.05) is 0 Å². The van der Waals surface area contributed by atoms with Gasteiger partial charge >= 0.3 is 0 Å². The van der Waals surface area contributed by atoms with E-state index in [-0.39, 0.29) is 50.6 Å². The predicted octanol–water partition coefficient (Wildman–Crippen LogP) is -0.877. The molecule has 4 rings (SSSR count). The summed E-state index contributed by atoms with van der Waals surface area (Å²) >= 11 is 0. The lowest BCUT2D eigenvalue weighted by Gasteiger charge is -2.06. The zero-order valence-corrected chi connectivity index (χ0v) is 32.9. The summed E-state index contributed by atoms with van der Waals surface area (Å²) in [6.45, 7) is 16.0. The minimum absolute atomic E-state index is 0.0443. The van der Waals surface area contributed by atoms with Gasteiger partial charge in [-0.15, -0.1) is 30.6 Å². The van der Waals surface area contributed by atoms with Gasteiger partial charge in [-0.05, 0) is 86.7 Å². The number of hydrogen-bond acceptors (Lipinski definition) is 20. The maximum atomic E-state index is 10.7. The van der Waals surface area contributed by atoms with E-state index in [2.05, 4.69) is 70.2 Å². The van der Waals surface area contributed by atoms with Crippen LogP contribution in [0.25, 0.3) is 0 Å². The number of rotatable bonds is 16. The highest BCUT2D eigenvalue weighted by Gasteiger charge is 2.11. The molecule has 0 unspecified atom stereocenters. The lowest BCUT2D eigenvalue weighted by Crippen LogP contribution is -2.12. The van der Waals surface area contributed by atoms with Gasteiger partial charge in [0.1, 0.15) is 0 Å². The third-order valence-corrected chi connectivity index (χ3v) is 7.07. The average molecular weight is 781 g/mol. The van der Waals surface area contributed by atoms with Gasteiger partial charge in [0.2, 0.25) is 0 Å². The number of hydrogen-bond donors (Lipinski definition) is 2. The Kier molecular flexibility index (Phi) is 20.2. The third kappa shape index (κ3) is 19.0. The van der Waals surface area contributed by atoms with Gasteiger partial charge in [-0.3, -0.25) is 8.37 Å². The average Bonchev–Trinajstić information content (AvgIpc) is 3.85. The van der Waals surface area contributed by atoms with Crippen molar-refractivity contribution in [3.63, 3.8) is 0 Å². The number of tetrazole rings is 4. The smallest absolute Gasteiger partial charge is 0.264 e. The van der Waals surface area contributed by atoms with Gasteiger partial charge in [0.25, 0.3) is 20.2 Å². The van der Waals surface area contributed by atoms with Crippen molar-refractivity contribution in [2.75, 3.05) is 38.9 Å². The van der Waals surface area contributed by atoms with E-state index in [1.54, 1.807) is 9.36 Å². The molecule has 0 bridgehead atoms. The Labute approximate surface area is 303 Å². The van der Waals surface area contributed by atoms with E-state index in [1.807, 2.05) is 55.4 Å². The van der Waals surface area contributed by atoms with Crippen LogP contribution in [0.4, 0.5) is 0 Å². The quantitative estimate of drug-likeness (QED) is 0.130. The maximum Gasteiger partial charge on any atom is 0.264 e. The van der Waals surface area contributed by atoms with Gasteiger partial charge in [0.15, 0.2) is 23.3 Å². The van der Waals surface area contributed by atoms with Crippen molar-refractivity contribution in [2.45, 2.75) is 105 Å². The van der Waals surface area contributed by atoms with Crippen LogP contribution < -0.4 is 0 Å². The Morgan fingerprint density at radius 2 is 0.923 bits per heavy atom. The summed E-state index contributed by atoms with van der Waals surface area (Å²) < 4.78 is 55.2. The first-order valence-corrected chi connectivity index (χ1v) is 19.9. The number of aliphatic hydroxyl groups is 2. The van der Waals surface area contributed by atoms with Gasteiger partial charge in [0.05, 0.1) is 63.1 Å². The van der Waals surface area contributed by atoms with Crippen molar-refractivity contribution in [2.24, 2.45) is 0 Å². The van der Waals surface area contributed by atoms with Crippen molar-refractivity contribution < 1.29 is 35.4 Å². The summed E-state index contributed by atoms with van der Waals surface area (Å²) in [5, 5.41) is 62.5. The Hall–Kier alpha value is -3.98. The lowest BCUT2D eigenvalue weighted by molar-refractivity contribution is 0.292. The first-order valence-electron chi connectivity index (χ1n) is 16.3.